The molecule has 0 N–H and O–H groups in total. The summed E-state index contributed by atoms with van der Waals surface area (Å²) in [5.41, 5.74) is 2.77. The van der Waals surface area contributed by atoms with Crippen LogP contribution in [-0.4, -0.2) is 14.8 Å². The molecule has 0 aliphatic carbocycles. The summed E-state index contributed by atoms with van der Waals surface area (Å²) >= 11 is 12.4. The fraction of sp³-hybridized carbons (Fsp3) is 0.0667. The Bertz CT molecular complexity index is 765. The van der Waals surface area contributed by atoms with E-state index in [1.165, 1.54) is 0 Å². The molecule has 3 rings (SSSR count). The number of nitrogens with zero attached hydrogens (tertiary/aromatic N) is 3. The number of hydrogen-bond acceptors (Lipinski definition) is 2. The molecule has 1 heterocycles. The second-order valence-electron chi connectivity index (χ2n) is 4.38. The first-order valence-corrected chi connectivity index (χ1v) is 6.86. The molecule has 3 aromatic rings. The number of para-hydroxylation sites is 1. The van der Waals surface area contributed by atoms with Gasteiger partial charge in [-0.25, -0.2) is 4.68 Å². The number of aromatic nitrogens is 3. The van der Waals surface area contributed by atoms with E-state index in [4.69, 9.17) is 23.2 Å². The fourth-order valence-electron chi connectivity index (χ4n) is 2.01. The summed E-state index contributed by atoms with van der Waals surface area (Å²) < 4.78 is 1.55. The highest BCUT2D eigenvalue weighted by molar-refractivity contribution is 6.33. The first-order chi connectivity index (χ1) is 9.66. The lowest BCUT2D eigenvalue weighted by Crippen LogP contribution is -1.97. The van der Waals surface area contributed by atoms with Gasteiger partial charge in [-0.05, 0) is 36.2 Å². The van der Waals surface area contributed by atoms with Crippen LogP contribution in [-0.2, 0) is 0 Å². The lowest BCUT2D eigenvalue weighted by molar-refractivity contribution is 0.883. The Morgan fingerprint density at radius 1 is 0.950 bits per heavy atom. The second-order valence-corrected chi connectivity index (χ2v) is 5.13. The molecule has 0 aliphatic rings. The Labute approximate surface area is 126 Å². The van der Waals surface area contributed by atoms with Gasteiger partial charge < -0.3 is 0 Å². The molecule has 0 amide bonds. The summed E-state index contributed by atoms with van der Waals surface area (Å²) in [7, 11) is 0. The van der Waals surface area contributed by atoms with Gasteiger partial charge in [-0.2, -0.15) is 4.98 Å². The molecule has 100 valence electrons. The lowest BCUT2D eigenvalue weighted by atomic mass is 10.1. The van der Waals surface area contributed by atoms with Gasteiger partial charge >= 0.3 is 0 Å². The molecule has 0 aliphatic heterocycles. The molecule has 0 atom stereocenters. The third-order valence-corrected chi connectivity index (χ3v) is 3.60. The van der Waals surface area contributed by atoms with Crippen molar-refractivity contribution >= 4 is 23.2 Å². The van der Waals surface area contributed by atoms with Crippen LogP contribution >= 0.6 is 23.2 Å². The van der Waals surface area contributed by atoms with E-state index in [0.29, 0.717) is 16.5 Å². The van der Waals surface area contributed by atoms with Gasteiger partial charge in [0.15, 0.2) is 5.82 Å². The third-order valence-electron chi connectivity index (χ3n) is 3.03. The average Bonchev–Trinajstić information content (AvgIpc) is 2.81. The van der Waals surface area contributed by atoms with Crippen molar-refractivity contribution in [2.24, 2.45) is 0 Å². The van der Waals surface area contributed by atoms with Crippen LogP contribution < -0.4 is 0 Å². The maximum Gasteiger partial charge on any atom is 0.226 e. The number of rotatable bonds is 2. The van der Waals surface area contributed by atoms with Crippen molar-refractivity contribution in [1.82, 2.24) is 14.8 Å². The van der Waals surface area contributed by atoms with Crippen molar-refractivity contribution in [2.75, 3.05) is 0 Å². The Hall–Kier alpha value is -1.84. The van der Waals surface area contributed by atoms with E-state index < -0.39 is 0 Å². The van der Waals surface area contributed by atoms with Gasteiger partial charge in [0.25, 0.3) is 0 Å². The van der Waals surface area contributed by atoms with Gasteiger partial charge in [-0.15, -0.1) is 5.10 Å². The zero-order valence-electron chi connectivity index (χ0n) is 10.7. The van der Waals surface area contributed by atoms with Crippen LogP contribution in [0.25, 0.3) is 17.1 Å². The SMILES string of the molecule is Cc1ccccc1-c1nc(Cl)n(-c2ccccc2Cl)n1. The molecule has 20 heavy (non-hydrogen) atoms. The van der Waals surface area contributed by atoms with Crippen LogP contribution in [0.5, 0.6) is 0 Å². The molecule has 0 bridgehead atoms. The van der Waals surface area contributed by atoms with Crippen molar-refractivity contribution < 1.29 is 0 Å². The van der Waals surface area contributed by atoms with E-state index in [1.54, 1.807) is 10.7 Å². The molecular weight excluding hydrogens is 293 g/mol. The molecule has 1 aromatic heterocycles. The quantitative estimate of drug-likeness (QED) is 0.695. The van der Waals surface area contributed by atoms with E-state index in [9.17, 15) is 0 Å². The van der Waals surface area contributed by atoms with Crippen molar-refractivity contribution in [2.45, 2.75) is 6.92 Å². The summed E-state index contributed by atoms with van der Waals surface area (Å²) in [6, 6.07) is 15.3. The van der Waals surface area contributed by atoms with Crippen LogP contribution in [0, 0.1) is 6.92 Å². The summed E-state index contributed by atoms with van der Waals surface area (Å²) in [5.74, 6) is 0.591. The van der Waals surface area contributed by atoms with Gasteiger partial charge in [-0.3, -0.25) is 0 Å². The normalized spacial score (nSPS) is 10.8. The van der Waals surface area contributed by atoms with E-state index >= 15 is 0 Å². The zero-order chi connectivity index (χ0) is 14.1. The predicted molar refractivity (Wildman–Crippen MR) is 81.6 cm³/mol. The van der Waals surface area contributed by atoms with Crippen molar-refractivity contribution in [3.8, 4) is 17.1 Å². The standard InChI is InChI=1S/C15H11Cl2N3/c1-10-6-2-3-7-11(10)14-18-15(17)20(19-14)13-9-5-4-8-12(13)16/h2-9H,1H3. The minimum absolute atomic E-state index is 0.288. The topological polar surface area (TPSA) is 30.7 Å². The number of halogens is 2. The molecule has 0 fully saturated rings. The minimum atomic E-state index is 0.288. The van der Waals surface area contributed by atoms with Crippen LogP contribution in [0.1, 0.15) is 5.56 Å². The Kier molecular flexibility index (Phi) is 3.47. The van der Waals surface area contributed by atoms with Crippen molar-refractivity contribution in [3.63, 3.8) is 0 Å². The Morgan fingerprint density at radius 2 is 1.65 bits per heavy atom. The van der Waals surface area contributed by atoms with Gasteiger partial charge in [0, 0.05) is 5.56 Å². The Morgan fingerprint density at radius 3 is 2.40 bits per heavy atom. The highest BCUT2D eigenvalue weighted by Gasteiger charge is 2.14. The second kappa shape index (κ2) is 5.27. The summed E-state index contributed by atoms with van der Waals surface area (Å²) in [5, 5.41) is 5.33. The third kappa shape index (κ3) is 2.30. The van der Waals surface area contributed by atoms with Crippen molar-refractivity contribution in [1.29, 1.82) is 0 Å². The smallest absolute Gasteiger partial charge is 0.201 e. The molecule has 0 saturated carbocycles. The summed E-state index contributed by atoms with van der Waals surface area (Å²) in [4.78, 5) is 4.32. The number of benzene rings is 2. The number of hydrogen-bond donors (Lipinski definition) is 0. The van der Waals surface area contributed by atoms with Crippen LogP contribution in [0.15, 0.2) is 48.5 Å². The molecule has 0 saturated heterocycles. The van der Waals surface area contributed by atoms with E-state index in [0.717, 1.165) is 11.1 Å². The molecule has 0 spiro atoms. The van der Waals surface area contributed by atoms with E-state index in [2.05, 4.69) is 10.1 Å². The van der Waals surface area contributed by atoms with Crippen LogP contribution in [0.3, 0.4) is 0 Å². The first kappa shape index (κ1) is 13.2. The molecule has 0 radical (unpaired) electrons. The van der Waals surface area contributed by atoms with Gasteiger partial charge in [0.05, 0.1) is 10.7 Å². The molecule has 2 aromatic carbocycles. The largest absolute Gasteiger partial charge is 0.226 e. The minimum Gasteiger partial charge on any atom is -0.201 e. The fourth-order valence-corrected chi connectivity index (χ4v) is 2.43. The maximum atomic E-state index is 6.18. The first-order valence-electron chi connectivity index (χ1n) is 6.10. The van der Waals surface area contributed by atoms with E-state index in [1.807, 2.05) is 49.4 Å². The summed E-state index contributed by atoms with van der Waals surface area (Å²) in [6.07, 6.45) is 0. The monoisotopic (exact) mass is 303 g/mol. The lowest BCUT2D eigenvalue weighted by Gasteiger charge is -2.03. The highest BCUT2D eigenvalue weighted by Crippen LogP contribution is 2.26. The van der Waals surface area contributed by atoms with Gasteiger partial charge in [0.2, 0.25) is 5.28 Å². The van der Waals surface area contributed by atoms with Gasteiger partial charge in [-0.1, -0.05) is 48.0 Å². The van der Waals surface area contributed by atoms with Crippen LogP contribution in [0.4, 0.5) is 0 Å². The molecular formula is C15H11Cl2N3. The highest BCUT2D eigenvalue weighted by atomic mass is 35.5. The van der Waals surface area contributed by atoms with E-state index in [-0.39, 0.29) is 5.28 Å². The molecule has 5 heteroatoms. The average molecular weight is 304 g/mol. The Balaban J connectivity index is 2.13. The summed E-state index contributed by atoms with van der Waals surface area (Å²) in [6.45, 7) is 2.01. The number of aryl methyl sites for hydroxylation is 1. The van der Waals surface area contributed by atoms with Gasteiger partial charge in [0.1, 0.15) is 0 Å². The van der Waals surface area contributed by atoms with Crippen LogP contribution in [0.2, 0.25) is 10.3 Å². The van der Waals surface area contributed by atoms with Crippen molar-refractivity contribution in [3.05, 3.63) is 64.4 Å². The molecule has 3 nitrogen and oxygen atoms in total. The maximum absolute atomic E-state index is 6.18. The predicted octanol–water partition coefficient (Wildman–Crippen LogP) is 4.55. The molecule has 0 unspecified atom stereocenters. The zero-order valence-corrected chi connectivity index (χ0v) is 12.2.